The molecule has 1 saturated heterocycles. The minimum Gasteiger partial charge on any atom is -0.341 e. The predicted octanol–water partition coefficient (Wildman–Crippen LogP) is 2.32. The van der Waals surface area contributed by atoms with Gasteiger partial charge < -0.3 is 9.80 Å². The molecule has 3 rings (SSSR count). The number of piperidine rings is 1. The summed E-state index contributed by atoms with van der Waals surface area (Å²) in [6.07, 6.45) is 4.61. The van der Waals surface area contributed by atoms with E-state index in [-0.39, 0.29) is 5.91 Å². The van der Waals surface area contributed by atoms with Crippen LogP contribution in [0.25, 0.3) is 0 Å². The minimum atomic E-state index is 0.230. The van der Waals surface area contributed by atoms with Gasteiger partial charge in [0.2, 0.25) is 11.9 Å². The Morgan fingerprint density at radius 2 is 1.77 bits per heavy atom. The van der Waals surface area contributed by atoms with E-state index in [0.717, 1.165) is 55.7 Å². The standard InChI is InChI=1S/C17H26N4O/c1-12-10-13(2)19-17(18-12)20-8-6-16(7-9-20)21(14(3)22)11-15-4-5-15/h10,15-16H,4-9,11H2,1-3H3. The van der Waals surface area contributed by atoms with Crippen LogP contribution in [0.4, 0.5) is 5.95 Å². The maximum atomic E-state index is 11.9. The second-order valence-corrected chi connectivity index (χ2v) is 6.78. The molecule has 0 N–H and O–H groups in total. The van der Waals surface area contributed by atoms with E-state index in [0.29, 0.717) is 6.04 Å². The number of amides is 1. The average Bonchev–Trinajstić information content (AvgIpc) is 3.28. The Bertz CT molecular complexity index is 527. The summed E-state index contributed by atoms with van der Waals surface area (Å²) >= 11 is 0. The molecule has 1 saturated carbocycles. The van der Waals surface area contributed by atoms with Gasteiger partial charge in [0.1, 0.15) is 0 Å². The van der Waals surface area contributed by atoms with Crippen LogP contribution in [0.1, 0.15) is 44.0 Å². The quantitative estimate of drug-likeness (QED) is 0.856. The second kappa shape index (κ2) is 6.23. The molecular weight excluding hydrogens is 276 g/mol. The molecular formula is C17H26N4O. The Labute approximate surface area is 132 Å². The molecule has 1 aromatic rings. The lowest BCUT2D eigenvalue weighted by atomic mass is 10.0. The van der Waals surface area contributed by atoms with Crippen molar-refractivity contribution in [2.75, 3.05) is 24.5 Å². The van der Waals surface area contributed by atoms with Gasteiger partial charge in [-0.15, -0.1) is 0 Å². The molecule has 0 aromatic carbocycles. The highest BCUT2D eigenvalue weighted by molar-refractivity contribution is 5.73. The molecule has 0 bridgehead atoms. The summed E-state index contributed by atoms with van der Waals surface area (Å²) in [7, 11) is 0. The average molecular weight is 302 g/mol. The van der Waals surface area contributed by atoms with Crippen LogP contribution >= 0.6 is 0 Å². The smallest absolute Gasteiger partial charge is 0.225 e. The molecule has 1 amide bonds. The highest BCUT2D eigenvalue weighted by atomic mass is 16.2. The number of hydrogen-bond donors (Lipinski definition) is 0. The molecule has 0 unspecified atom stereocenters. The third-order valence-corrected chi connectivity index (χ3v) is 4.71. The van der Waals surface area contributed by atoms with E-state index in [1.807, 2.05) is 19.9 Å². The number of carbonyl (C=O) groups excluding carboxylic acids is 1. The first-order valence-electron chi connectivity index (χ1n) is 8.37. The number of carbonyl (C=O) groups is 1. The lowest BCUT2D eigenvalue weighted by Gasteiger charge is -2.38. The number of rotatable bonds is 4. The fourth-order valence-electron chi connectivity index (χ4n) is 3.34. The fourth-order valence-corrected chi connectivity index (χ4v) is 3.34. The van der Waals surface area contributed by atoms with Crippen LogP contribution in [0.3, 0.4) is 0 Å². The van der Waals surface area contributed by atoms with Crippen LogP contribution in [0, 0.1) is 19.8 Å². The lowest BCUT2D eigenvalue weighted by molar-refractivity contribution is -0.131. The molecule has 5 heteroatoms. The molecule has 1 aliphatic carbocycles. The number of aryl methyl sites for hydroxylation is 2. The van der Waals surface area contributed by atoms with Crippen LogP contribution in [-0.4, -0.2) is 46.5 Å². The second-order valence-electron chi connectivity index (χ2n) is 6.78. The summed E-state index contributed by atoms with van der Waals surface area (Å²) in [5.41, 5.74) is 2.03. The zero-order valence-electron chi connectivity index (χ0n) is 13.9. The molecule has 2 heterocycles. The normalized spacial score (nSPS) is 19.3. The SMILES string of the molecule is CC(=O)N(CC1CC1)C1CCN(c2nc(C)cc(C)n2)CC1. The maximum Gasteiger partial charge on any atom is 0.225 e. The number of aromatic nitrogens is 2. The van der Waals surface area contributed by atoms with Crippen LogP contribution in [0.15, 0.2) is 6.07 Å². The molecule has 0 spiro atoms. The third kappa shape index (κ3) is 3.57. The van der Waals surface area contributed by atoms with Crippen LogP contribution in [0.5, 0.6) is 0 Å². The Balaban J connectivity index is 1.62. The van der Waals surface area contributed by atoms with Crippen molar-refractivity contribution in [1.29, 1.82) is 0 Å². The molecule has 2 aliphatic rings. The molecule has 5 nitrogen and oxygen atoms in total. The monoisotopic (exact) mass is 302 g/mol. The van der Waals surface area contributed by atoms with E-state index in [9.17, 15) is 4.79 Å². The molecule has 0 atom stereocenters. The zero-order chi connectivity index (χ0) is 15.7. The molecule has 1 aromatic heterocycles. The van der Waals surface area contributed by atoms with Gasteiger partial charge >= 0.3 is 0 Å². The van der Waals surface area contributed by atoms with Gasteiger partial charge in [0.05, 0.1) is 0 Å². The molecule has 22 heavy (non-hydrogen) atoms. The summed E-state index contributed by atoms with van der Waals surface area (Å²) in [6, 6.07) is 2.39. The van der Waals surface area contributed by atoms with E-state index in [1.165, 1.54) is 12.8 Å². The summed E-state index contributed by atoms with van der Waals surface area (Å²) in [5, 5.41) is 0. The number of hydrogen-bond acceptors (Lipinski definition) is 4. The first-order valence-corrected chi connectivity index (χ1v) is 8.37. The van der Waals surface area contributed by atoms with Crippen molar-refractivity contribution in [1.82, 2.24) is 14.9 Å². The van der Waals surface area contributed by atoms with Crippen LogP contribution in [-0.2, 0) is 4.79 Å². The highest BCUT2D eigenvalue weighted by Crippen LogP contribution is 2.31. The van der Waals surface area contributed by atoms with E-state index in [1.54, 1.807) is 6.92 Å². The highest BCUT2D eigenvalue weighted by Gasteiger charge is 2.32. The largest absolute Gasteiger partial charge is 0.341 e. The van der Waals surface area contributed by atoms with Gasteiger partial charge in [-0.05, 0) is 51.5 Å². The van der Waals surface area contributed by atoms with Crippen molar-refractivity contribution >= 4 is 11.9 Å². The van der Waals surface area contributed by atoms with Crippen LogP contribution < -0.4 is 4.90 Å². The van der Waals surface area contributed by atoms with Crippen LogP contribution in [0.2, 0.25) is 0 Å². The van der Waals surface area contributed by atoms with E-state index >= 15 is 0 Å². The first kappa shape index (κ1) is 15.3. The van der Waals surface area contributed by atoms with Gasteiger partial charge in [0.25, 0.3) is 0 Å². The Morgan fingerprint density at radius 3 is 2.27 bits per heavy atom. The van der Waals surface area contributed by atoms with Crippen molar-refractivity contribution in [3.05, 3.63) is 17.5 Å². The van der Waals surface area contributed by atoms with Crippen molar-refractivity contribution in [2.45, 2.75) is 52.5 Å². The summed E-state index contributed by atoms with van der Waals surface area (Å²) < 4.78 is 0. The maximum absolute atomic E-state index is 11.9. The summed E-state index contributed by atoms with van der Waals surface area (Å²) in [4.78, 5) is 25.4. The zero-order valence-corrected chi connectivity index (χ0v) is 13.9. The van der Waals surface area contributed by atoms with E-state index in [4.69, 9.17) is 0 Å². The van der Waals surface area contributed by atoms with Gasteiger partial charge in [0, 0.05) is 44.0 Å². The Morgan fingerprint density at radius 1 is 1.18 bits per heavy atom. The fraction of sp³-hybridized carbons (Fsp3) is 0.706. The number of anilines is 1. The van der Waals surface area contributed by atoms with E-state index in [2.05, 4.69) is 19.8 Å². The molecule has 1 aliphatic heterocycles. The van der Waals surface area contributed by atoms with Gasteiger partial charge in [-0.2, -0.15) is 0 Å². The van der Waals surface area contributed by atoms with Crippen molar-refractivity contribution in [3.63, 3.8) is 0 Å². The first-order chi connectivity index (χ1) is 10.5. The molecule has 0 radical (unpaired) electrons. The minimum absolute atomic E-state index is 0.230. The molecule has 120 valence electrons. The summed E-state index contributed by atoms with van der Waals surface area (Å²) in [6.45, 7) is 8.56. The Kier molecular flexibility index (Phi) is 4.32. The van der Waals surface area contributed by atoms with E-state index < -0.39 is 0 Å². The number of nitrogens with zero attached hydrogens (tertiary/aromatic N) is 4. The van der Waals surface area contributed by atoms with Gasteiger partial charge in [-0.1, -0.05) is 0 Å². The van der Waals surface area contributed by atoms with Gasteiger partial charge in [0.15, 0.2) is 0 Å². The van der Waals surface area contributed by atoms with Gasteiger partial charge in [-0.3, -0.25) is 4.79 Å². The van der Waals surface area contributed by atoms with Crippen molar-refractivity contribution in [2.24, 2.45) is 5.92 Å². The topological polar surface area (TPSA) is 49.3 Å². The lowest BCUT2D eigenvalue weighted by Crippen LogP contribution is -2.48. The Hall–Kier alpha value is -1.65. The predicted molar refractivity (Wildman–Crippen MR) is 86.9 cm³/mol. The van der Waals surface area contributed by atoms with Crippen molar-refractivity contribution < 1.29 is 4.79 Å². The van der Waals surface area contributed by atoms with Crippen molar-refractivity contribution in [3.8, 4) is 0 Å². The van der Waals surface area contributed by atoms with Gasteiger partial charge in [-0.25, -0.2) is 9.97 Å². The molecule has 2 fully saturated rings. The third-order valence-electron chi connectivity index (χ3n) is 4.71. The summed E-state index contributed by atoms with van der Waals surface area (Å²) in [5.74, 6) is 1.82.